The lowest BCUT2D eigenvalue weighted by Gasteiger charge is -2.14. The summed E-state index contributed by atoms with van der Waals surface area (Å²) in [5.41, 5.74) is 3.50. The first-order chi connectivity index (χ1) is 8.95. The second-order valence-corrected chi connectivity index (χ2v) is 5.80. The third-order valence-corrected chi connectivity index (χ3v) is 3.15. The normalized spacial score (nSPS) is 12.8. The molecule has 0 amide bonds. The Bertz CT molecular complexity index is 605. The topological polar surface area (TPSA) is 82.3 Å². The average molecular weight is 341 g/mol. The SMILES string of the molecule is NCc1nc(S(=O)(=O)Cl)c(OC(F)(F)F)cc1C(F)F. The van der Waals surface area contributed by atoms with E-state index in [4.69, 9.17) is 16.4 Å². The lowest BCUT2D eigenvalue weighted by atomic mass is 10.2. The summed E-state index contributed by atoms with van der Waals surface area (Å²) in [4.78, 5) is 3.12. The summed E-state index contributed by atoms with van der Waals surface area (Å²) < 4.78 is 87.2. The minimum absolute atomic E-state index is 0.197. The molecule has 5 nitrogen and oxygen atoms in total. The van der Waals surface area contributed by atoms with Crippen LogP contribution >= 0.6 is 10.7 Å². The quantitative estimate of drug-likeness (QED) is 0.672. The first-order valence-electron chi connectivity index (χ1n) is 4.68. The van der Waals surface area contributed by atoms with Crippen LogP contribution in [0.3, 0.4) is 0 Å². The molecule has 0 saturated heterocycles. The highest BCUT2D eigenvalue weighted by Gasteiger charge is 2.35. The van der Waals surface area contributed by atoms with Gasteiger partial charge in [0.05, 0.1) is 5.69 Å². The van der Waals surface area contributed by atoms with Crippen molar-refractivity contribution in [3.8, 4) is 5.75 Å². The first-order valence-corrected chi connectivity index (χ1v) is 6.99. The molecule has 0 bridgehead atoms. The Morgan fingerprint density at radius 3 is 2.30 bits per heavy atom. The van der Waals surface area contributed by atoms with Crippen LogP contribution in [0.1, 0.15) is 17.7 Å². The lowest BCUT2D eigenvalue weighted by Crippen LogP contribution is -2.20. The summed E-state index contributed by atoms with van der Waals surface area (Å²) in [6.45, 7) is -0.620. The third-order valence-electron chi connectivity index (χ3n) is 1.95. The Kier molecular flexibility index (Phi) is 4.77. The van der Waals surface area contributed by atoms with Crippen molar-refractivity contribution < 1.29 is 35.1 Å². The van der Waals surface area contributed by atoms with Gasteiger partial charge in [0.1, 0.15) is 0 Å². The Hall–Kier alpha value is -1.20. The van der Waals surface area contributed by atoms with Crippen molar-refractivity contribution in [3.05, 3.63) is 17.3 Å². The average Bonchev–Trinajstić information content (AvgIpc) is 2.24. The molecule has 0 aliphatic rings. The lowest BCUT2D eigenvalue weighted by molar-refractivity contribution is -0.275. The van der Waals surface area contributed by atoms with Gasteiger partial charge in [-0.2, -0.15) is 0 Å². The zero-order chi connectivity index (χ0) is 15.7. The minimum atomic E-state index is -5.30. The molecule has 1 aromatic heterocycles. The Balaban J connectivity index is 3.57. The molecule has 114 valence electrons. The van der Waals surface area contributed by atoms with E-state index in [0.29, 0.717) is 0 Å². The maximum absolute atomic E-state index is 12.6. The van der Waals surface area contributed by atoms with Gasteiger partial charge in [0.15, 0.2) is 5.75 Å². The van der Waals surface area contributed by atoms with Gasteiger partial charge in [-0.3, -0.25) is 0 Å². The van der Waals surface area contributed by atoms with E-state index in [2.05, 4.69) is 9.72 Å². The summed E-state index contributed by atoms with van der Waals surface area (Å²) in [6, 6.07) is 0.197. The molecule has 0 fully saturated rings. The van der Waals surface area contributed by atoms with Crippen LogP contribution in [0.4, 0.5) is 22.0 Å². The zero-order valence-electron chi connectivity index (χ0n) is 9.29. The van der Waals surface area contributed by atoms with Crippen LogP contribution in [0, 0.1) is 0 Å². The van der Waals surface area contributed by atoms with Crippen molar-refractivity contribution in [3.63, 3.8) is 0 Å². The van der Waals surface area contributed by atoms with Gasteiger partial charge in [0, 0.05) is 22.8 Å². The molecular formula is C8H6ClF5N2O3S. The third kappa shape index (κ3) is 4.15. The monoisotopic (exact) mass is 340 g/mol. The molecule has 2 N–H and O–H groups in total. The summed E-state index contributed by atoms with van der Waals surface area (Å²) in [7, 11) is 0.142. The van der Waals surface area contributed by atoms with E-state index in [1.807, 2.05) is 0 Å². The highest BCUT2D eigenvalue weighted by molar-refractivity contribution is 8.13. The van der Waals surface area contributed by atoms with E-state index < -0.39 is 50.4 Å². The van der Waals surface area contributed by atoms with E-state index in [-0.39, 0.29) is 6.07 Å². The summed E-state index contributed by atoms with van der Waals surface area (Å²) in [5.74, 6) is -1.44. The van der Waals surface area contributed by atoms with Crippen LogP contribution in [0.25, 0.3) is 0 Å². The Morgan fingerprint density at radius 2 is 1.95 bits per heavy atom. The molecular weight excluding hydrogens is 335 g/mol. The van der Waals surface area contributed by atoms with Gasteiger partial charge in [-0.1, -0.05) is 0 Å². The van der Waals surface area contributed by atoms with Crippen LogP contribution in [0.5, 0.6) is 5.75 Å². The molecule has 1 rings (SSSR count). The molecule has 0 unspecified atom stereocenters. The maximum Gasteiger partial charge on any atom is 0.573 e. The Labute approximate surface area is 113 Å². The molecule has 0 aromatic carbocycles. The van der Waals surface area contributed by atoms with E-state index in [9.17, 15) is 30.4 Å². The molecule has 1 aromatic rings. The van der Waals surface area contributed by atoms with Crippen LogP contribution in [-0.4, -0.2) is 19.8 Å². The predicted molar refractivity (Wildman–Crippen MR) is 56.8 cm³/mol. The summed E-state index contributed by atoms with van der Waals surface area (Å²) >= 11 is 0. The van der Waals surface area contributed by atoms with E-state index in [1.165, 1.54) is 0 Å². The second-order valence-electron chi connectivity index (χ2n) is 3.32. The second kappa shape index (κ2) is 5.66. The molecule has 0 atom stereocenters. The van der Waals surface area contributed by atoms with Gasteiger partial charge in [-0.25, -0.2) is 22.2 Å². The van der Waals surface area contributed by atoms with Crippen molar-refractivity contribution in [2.75, 3.05) is 0 Å². The van der Waals surface area contributed by atoms with Crippen molar-refractivity contribution in [1.82, 2.24) is 4.98 Å². The number of hydrogen-bond donors (Lipinski definition) is 1. The standard InChI is InChI=1S/C8H6ClF5N2O3S/c9-20(17,18)7-5(19-8(12,13)14)1-3(6(10)11)4(2-15)16-7/h1,6H,2,15H2. The summed E-state index contributed by atoms with van der Waals surface area (Å²) in [5, 5.41) is -1.33. The number of halogens is 6. The maximum atomic E-state index is 12.6. The van der Waals surface area contributed by atoms with Crippen LogP contribution < -0.4 is 10.5 Å². The van der Waals surface area contributed by atoms with Crippen molar-refractivity contribution in [1.29, 1.82) is 0 Å². The van der Waals surface area contributed by atoms with Crippen molar-refractivity contribution >= 4 is 19.7 Å². The number of aromatic nitrogens is 1. The minimum Gasteiger partial charge on any atom is -0.403 e. The number of alkyl halides is 5. The Morgan fingerprint density at radius 1 is 1.40 bits per heavy atom. The van der Waals surface area contributed by atoms with Gasteiger partial charge in [-0.15, -0.1) is 13.2 Å². The predicted octanol–water partition coefficient (Wildman–Crippen LogP) is 2.30. The smallest absolute Gasteiger partial charge is 0.403 e. The molecule has 0 saturated carbocycles. The van der Waals surface area contributed by atoms with Crippen molar-refractivity contribution in [2.24, 2.45) is 5.73 Å². The molecule has 1 heterocycles. The number of ether oxygens (including phenoxy) is 1. The van der Waals surface area contributed by atoms with Gasteiger partial charge < -0.3 is 10.5 Å². The highest BCUT2D eigenvalue weighted by Crippen LogP contribution is 2.34. The molecule has 20 heavy (non-hydrogen) atoms. The number of hydrogen-bond acceptors (Lipinski definition) is 5. The molecule has 12 heteroatoms. The zero-order valence-corrected chi connectivity index (χ0v) is 10.9. The molecule has 0 aliphatic heterocycles. The summed E-state index contributed by atoms with van der Waals surface area (Å²) in [6.07, 6.45) is -8.52. The number of pyridine rings is 1. The number of nitrogens with zero attached hydrogens (tertiary/aromatic N) is 1. The fourth-order valence-corrected chi connectivity index (χ4v) is 2.15. The first kappa shape index (κ1) is 16.9. The van der Waals surface area contributed by atoms with E-state index in [1.54, 1.807) is 0 Å². The van der Waals surface area contributed by atoms with Gasteiger partial charge >= 0.3 is 6.36 Å². The van der Waals surface area contributed by atoms with Crippen molar-refractivity contribution in [2.45, 2.75) is 24.4 Å². The molecule has 0 radical (unpaired) electrons. The van der Waals surface area contributed by atoms with Gasteiger partial charge in [-0.05, 0) is 6.07 Å². The fraction of sp³-hybridized carbons (Fsp3) is 0.375. The van der Waals surface area contributed by atoms with E-state index >= 15 is 0 Å². The fourth-order valence-electron chi connectivity index (χ4n) is 1.25. The highest BCUT2D eigenvalue weighted by atomic mass is 35.7. The van der Waals surface area contributed by atoms with Crippen LogP contribution in [0.2, 0.25) is 0 Å². The molecule has 0 spiro atoms. The van der Waals surface area contributed by atoms with Crippen LogP contribution in [0.15, 0.2) is 11.1 Å². The van der Waals surface area contributed by atoms with E-state index in [0.717, 1.165) is 0 Å². The van der Waals surface area contributed by atoms with Crippen LogP contribution in [-0.2, 0) is 15.6 Å². The number of rotatable bonds is 4. The molecule has 0 aliphatic carbocycles. The number of nitrogens with two attached hydrogens (primary N) is 1. The largest absolute Gasteiger partial charge is 0.573 e. The van der Waals surface area contributed by atoms with Gasteiger partial charge in [0.2, 0.25) is 5.03 Å². The van der Waals surface area contributed by atoms with Gasteiger partial charge in [0.25, 0.3) is 15.5 Å².